The molecule has 1 N–H and O–H groups in total. The molecule has 0 amide bonds. The molecule has 1 aliphatic rings. The van der Waals surface area contributed by atoms with Gasteiger partial charge in [-0.2, -0.15) is 0 Å². The zero-order valence-electron chi connectivity index (χ0n) is 15.4. The molecule has 0 fully saturated rings. The van der Waals surface area contributed by atoms with Gasteiger partial charge < -0.3 is 4.98 Å². The van der Waals surface area contributed by atoms with E-state index in [1.807, 2.05) is 19.2 Å². The number of nitrogens with one attached hydrogen (secondary N) is 1. The first-order valence-electron chi connectivity index (χ1n) is 8.75. The Morgan fingerprint density at radius 1 is 1.44 bits per heavy atom. The van der Waals surface area contributed by atoms with Crippen LogP contribution in [0.2, 0.25) is 0 Å². The summed E-state index contributed by atoms with van der Waals surface area (Å²) >= 11 is 6.41. The molecule has 3 rings (SSSR count). The molecule has 0 bridgehead atoms. The molecular weight excluding hydrogens is 328 g/mol. The maximum atomic E-state index is 6.41. The topological polar surface area (TPSA) is 28.7 Å². The highest BCUT2D eigenvalue weighted by atomic mass is 35.5. The molecule has 2 aromatic rings. The van der Waals surface area contributed by atoms with Gasteiger partial charge in [-0.1, -0.05) is 37.3 Å². The second-order valence-corrected chi connectivity index (χ2v) is 7.23. The third-order valence-corrected chi connectivity index (χ3v) is 5.90. The Hall–Kier alpha value is -2.06. The smallest absolute Gasteiger partial charge is 0.137 e. The van der Waals surface area contributed by atoms with E-state index in [0.717, 1.165) is 23.2 Å². The van der Waals surface area contributed by atoms with Crippen LogP contribution in [0.5, 0.6) is 0 Å². The standard InChI is InChI=1S/C22H25ClN2/c1-6-16(7-2)17-10-19-20(12-25-22(19)24-11-17)15(5)18-8-9-21(23)14(4)13(18)3/h6-8,10-12,15,21H,1,9H2,2-5H3,(H,24,25)/b16-7+. The van der Waals surface area contributed by atoms with E-state index in [2.05, 4.69) is 61.7 Å². The Kier molecular flexibility index (Phi) is 5.01. The first-order chi connectivity index (χ1) is 12.0. The lowest BCUT2D eigenvalue weighted by molar-refractivity contribution is 0.839. The molecule has 130 valence electrons. The highest BCUT2D eigenvalue weighted by Crippen LogP contribution is 2.39. The highest BCUT2D eigenvalue weighted by molar-refractivity contribution is 6.22. The number of H-pyrrole nitrogens is 1. The van der Waals surface area contributed by atoms with Gasteiger partial charge >= 0.3 is 0 Å². The molecule has 0 spiro atoms. The van der Waals surface area contributed by atoms with E-state index < -0.39 is 0 Å². The van der Waals surface area contributed by atoms with Gasteiger partial charge in [0.05, 0.1) is 5.38 Å². The van der Waals surface area contributed by atoms with E-state index in [4.69, 9.17) is 11.6 Å². The van der Waals surface area contributed by atoms with Crippen molar-refractivity contribution in [3.63, 3.8) is 0 Å². The van der Waals surface area contributed by atoms with E-state index in [0.29, 0.717) is 5.92 Å². The fourth-order valence-electron chi connectivity index (χ4n) is 3.63. The Labute approximate surface area is 155 Å². The first kappa shape index (κ1) is 17.8. The van der Waals surface area contributed by atoms with Gasteiger partial charge in [-0.05, 0) is 55.5 Å². The monoisotopic (exact) mass is 352 g/mol. The summed E-state index contributed by atoms with van der Waals surface area (Å²) in [6.45, 7) is 12.5. The van der Waals surface area contributed by atoms with Crippen molar-refractivity contribution in [2.45, 2.75) is 45.4 Å². The Morgan fingerprint density at radius 2 is 2.20 bits per heavy atom. The summed E-state index contributed by atoms with van der Waals surface area (Å²) < 4.78 is 0. The molecule has 0 saturated heterocycles. The fraction of sp³-hybridized carbons (Fsp3) is 0.318. The number of alkyl halides is 1. The van der Waals surface area contributed by atoms with Crippen LogP contribution in [0.3, 0.4) is 0 Å². The highest BCUT2D eigenvalue weighted by Gasteiger charge is 2.23. The van der Waals surface area contributed by atoms with Gasteiger partial charge in [0.15, 0.2) is 0 Å². The minimum Gasteiger partial charge on any atom is -0.346 e. The molecule has 0 radical (unpaired) electrons. The number of aromatic nitrogens is 2. The summed E-state index contributed by atoms with van der Waals surface area (Å²) in [4.78, 5) is 7.91. The van der Waals surface area contributed by atoms with Crippen LogP contribution in [0.1, 0.15) is 51.2 Å². The number of halogens is 1. The number of nitrogens with zero attached hydrogens (tertiary/aromatic N) is 1. The summed E-state index contributed by atoms with van der Waals surface area (Å²) in [5, 5.41) is 1.29. The third-order valence-electron chi connectivity index (χ3n) is 5.40. The molecule has 3 heteroatoms. The van der Waals surface area contributed by atoms with Crippen molar-refractivity contribution in [1.29, 1.82) is 0 Å². The maximum Gasteiger partial charge on any atom is 0.137 e. The quantitative estimate of drug-likeness (QED) is 0.491. The van der Waals surface area contributed by atoms with Crippen LogP contribution in [0.4, 0.5) is 0 Å². The molecule has 2 aromatic heterocycles. The summed E-state index contributed by atoms with van der Waals surface area (Å²) in [6, 6.07) is 2.21. The van der Waals surface area contributed by atoms with Crippen LogP contribution >= 0.6 is 11.6 Å². The molecule has 25 heavy (non-hydrogen) atoms. The van der Waals surface area contributed by atoms with Crippen LogP contribution in [0.25, 0.3) is 16.6 Å². The summed E-state index contributed by atoms with van der Waals surface area (Å²) in [6.07, 6.45) is 11.1. The van der Waals surface area contributed by atoms with Crippen molar-refractivity contribution in [3.05, 3.63) is 71.1 Å². The van der Waals surface area contributed by atoms with Gasteiger partial charge in [0, 0.05) is 29.3 Å². The molecule has 2 heterocycles. The average Bonchev–Trinajstić information content (AvgIpc) is 3.04. The van der Waals surface area contributed by atoms with Crippen LogP contribution in [-0.4, -0.2) is 15.3 Å². The lowest BCUT2D eigenvalue weighted by Gasteiger charge is -2.25. The van der Waals surface area contributed by atoms with Crippen molar-refractivity contribution in [3.8, 4) is 0 Å². The number of rotatable bonds is 4. The normalized spacial score (nSPS) is 20.0. The lowest BCUT2D eigenvalue weighted by Crippen LogP contribution is -2.12. The zero-order chi connectivity index (χ0) is 18.1. The predicted molar refractivity (Wildman–Crippen MR) is 109 cm³/mol. The first-order valence-corrected chi connectivity index (χ1v) is 9.19. The molecule has 1 aliphatic carbocycles. The fourth-order valence-corrected chi connectivity index (χ4v) is 3.89. The third kappa shape index (κ3) is 3.11. The predicted octanol–water partition coefficient (Wildman–Crippen LogP) is 6.53. The van der Waals surface area contributed by atoms with Crippen molar-refractivity contribution >= 4 is 28.2 Å². The van der Waals surface area contributed by atoms with Crippen molar-refractivity contribution < 1.29 is 0 Å². The number of hydrogen-bond donors (Lipinski definition) is 1. The number of pyridine rings is 1. The van der Waals surface area contributed by atoms with Gasteiger partial charge in [0.2, 0.25) is 0 Å². The number of allylic oxidation sites excluding steroid dienone is 7. The van der Waals surface area contributed by atoms with Gasteiger partial charge in [0.1, 0.15) is 5.65 Å². The van der Waals surface area contributed by atoms with Crippen LogP contribution < -0.4 is 0 Å². The van der Waals surface area contributed by atoms with Crippen LogP contribution in [0, 0.1) is 0 Å². The van der Waals surface area contributed by atoms with E-state index in [1.54, 1.807) is 0 Å². The Morgan fingerprint density at radius 3 is 2.88 bits per heavy atom. The average molecular weight is 353 g/mol. The number of hydrogen-bond acceptors (Lipinski definition) is 1. The molecular formula is C22H25ClN2. The lowest BCUT2D eigenvalue weighted by atomic mass is 9.82. The number of aromatic amines is 1. The SMILES string of the molecule is C=C/C(=C\C)c1cnc2[nH]cc(C(C)C3=CCC(Cl)C(C)=C3C)c2c1. The number of fused-ring (bicyclic) bond motifs is 1. The van der Waals surface area contributed by atoms with Gasteiger partial charge in [-0.25, -0.2) is 4.98 Å². The molecule has 2 unspecified atom stereocenters. The Balaban J connectivity index is 2.07. The Bertz CT molecular complexity index is 911. The van der Waals surface area contributed by atoms with E-state index in [1.165, 1.54) is 27.7 Å². The van der Waals surface area contributed by atoms with Crippen molar-refractivity contribution in [1.82, 2.24) is 9.97 Å². The molecule has 2 atom stereocenters. The largest absolute Gasteiger partial charge is 0.346 e. The minimum absolute atomic E-state index is 0.122. The zero-order valence-corrected chi connectivity index (χ0v) is 16.1. The van der Waals surface area contributed by atoms with Crippen molar-refractivity contribution in [2.24, 2.45) is 0 Å². The summed E-state index contributed by atoms with van der Waals surface area (Å²) in [5.74, 6) is 0.294. The van der Waals surface area contributed by atoms with E-state index in [-0.39, 0.29) is 5.38 Å². The van der Waals surface area contributed by atoms with Gasteiger partial charge in [-0.3, -0.25) is 0 Å². The van der Waals surface area contributed by atoms with Gasteiger partial charge in [0.25, 0.3) is 0 Å². The van der Waals surface area contributed by atoms with Crippen LogP contribution in [-0.2, 0) is 0 Å². The van der Waals surface area contributed by atoms with Gasteiger partial charge in [-0.15, -0.1) is 11.6 Å². The molecule has 0 saturated carbocycles. The molecule has 2 nitrogen and oxygen atoms in total. The summed E-state index contributed by atoms with van der Waals surface area (Å²) in [7, 11) is 0. The van der Waals surface area contributed by atoms with E-state index >= 15 is 0 Å². The maximum absolute atomic E-state index is 6.41. The minimum atomic E-state index is 0.122. The molecule has 0 aromatic carbocycles. The molecule has 0 aliphatic heterocycles. The summed E-state index contributed by atoms with van der Waals surface area (Å²) in [5.41, 5.74) is 8.37. The van der Waals surface area contributed by atoms with Crippen molar-refractivity contribution in [2.75, 3.05) is 0 Å². The second kappa shape index (κ2) is 7.05. The van der Waals surface area contributed by atoms with E-state index in [9.17, 15) is 0 Å². The second-order valence-electron chi connectivity index (χ2n) is 6.70. The van der Waals surface area contributed by atoms with Crippen LogP contribution in [0.15, 0.2) is 60.0 Å².